The van der Waals surface area contributed by atoms with Crippen LogP contribution in [0.4, 0.5) is 0 Å². The van der Waals surface area contributed by atoms with E-state index in [2.05, 4.69) is 76.3 Å². The zero-order chi connectivity index (χ0) is 59.1. The van der Waals surface area contributed by atoms with Crippen LogP contribution in [0.5, 0.6) is 0 Å². The molecule has 6 heteroatoms. The molecule has 0 saturated carbocycles. The second-order valence-corrected chi connectivity index (χ2v) is 24.6. The molecule has 0 N–H and O–H groups in total. The SMILES string of the molecule is CCCCCCCC/C=C\CCCCCCCC(=O)OC(OC(=O)CCCCCCC/C=C\CCCCCCCC)(C(=O)CCCCCCC/C=C\CCCCCCCC)C(C)C(=O)CCCCCCC/C=C\CCCCCCCC. The Balaban J connectivity index is 5.71. The molecule has 1 atom stereocenters. The first-order valence-corrected chi connectivity index (χ1v) is 35.9. The minimum Gasteiger partial charge on any atom is -0.414 e. The Morgan fingerprint density at radius 2 is 0.469 bits per heavy atom. The van der Waals surface area contributed by atoms with Crippen molar-refractivity contribution in [3.63, 3.8) is 0 Å². The average Bonchev–Trinajstić information content (AvgIpc) is 3.48. The van der Waals surface area contributed by atoms with Gasteiger partial charge >= 0.3 is 17.7 Å². The van der Waals surface area contributed by atoms with Crippen molar-refractivity contribution in [2.75, 3.05) is 0 Å². The molecular formula is C75H136O6. The van der Waals surface area contributed by atoms with Crippen LogP contribution in [0.25, 0.3) is 0 Å². The number of hydrogen-bond acceptors (Lipinski definition) is 6. The first kappa shape index (κ1) is 78.2. The van der Waals surface area contributed by atoms with Gasteiger partial charge in [0.1, 0.15) is 11.7 Å². The van der Waals surface area contributed by atoms with Gasteiger partial charge < -0.3 is 9.47 Å². The summed E-state index contributed by atoms with van der Waals surface area (Å²) in [5.41, 5.74) is 0. The quantitative estimate of drug-likeness (QED) is 0.0261. The monoisotopic (exact) mass is 1130 g/mol. The van der Waals surface area contributed by atoms with E-state index < -0.39 is 29.4 Å². The molecule has 0 saturated heterocycles. The first-order chi connectivity index (χ1) is 39.8. The molecule has 0 aliphatic heterocycles. The van der Waals surface area contributed by atoms with Crippen LogP contribution in [-0.4, -0.2) is 29.3 Å². The fourth-order valence-corrected chi connectivity index (χ4v) is 11.0. The van der Waals surface area contributed by atoms with Crippen molar-refractivity contribution in [1.29, 1.82) is 0 Å². The topological polar surface area (TPSA) is 86.7 Å². The maximum atomic E-state index is 14.7. The van der Waals surface area contributed by atoms with Gasteiger partial charge in [-0.25, -0.2) is 0 Å². The lowest BCUT2D eigenvalue weighted by molar-refractivity contribution is -0.238. The van der Waals surface area contributed by atoms with E-state index in [0.717, 1.165) is 128 Å². The van der Waals surface area contributed by atoms with Gasteiger partial charge in [0, 0.05) is 25.7 Å². The number of hydrogen-bond donors (Lipinski definition) is 0. The van der Waals surface area contributed by atoms with Gasteiger partial charge in [0.15, 0.2) is 0 Å². The van der Waals surface area contributed by atoms with Gasteiger partial charge in [0.25, 0.3) is 0 Å². The Morgan fingerprint density at radius 3 is 0.716 bits per heavy atom. The number of rotatable bonds is 65. The summed E-state index contributed by atoms with van der Waals surface area (Å²) in [6.07, 6.45) is 79.3. The van der Waals surface area contributed by atoms with Gasteiger partial charge in [-0.2, -0.15) is 0 Å². The lowest BCUT2D eigenvalue weighted by Gasteiger charge is -2.35. The predicted octanol–water partition coefficient (Wildman–Crippen LogP) is 24.7. The Bertz CT molecular complexity index is 1450. The zero-order valence-electron chi connectivity index (χ0n) is 54.7. The number of Topliss-reactive ketones (excluding diaryl/α,β-unsaturated/α-hetero) is 2. The minimum atomic E-state index is -2.24. The van der Waals surface area contributed by atoms with E-state index in [-0.39, 0.29) is 31.5 Å². The fraction of sp³-hybridized carbons (Fsp3) is 0.840. The summed E-state index contributed by atoms with van der Waals surface area (Å²) in [7, 11) is 0. The van der Waals surface area contributed by atoms with Crippen LogP contribution in [0.15, 0.2) is 48.6 Å². The number of ether oxygens (including phenoxy) is 2. The highest BCUT2D eigenvalue weighted by molar-refractivity contribution is 5.96. The largest absolute Gasteiger partial charge is 0.414 e. The highest BCUT2D eigenvalue weighted by Gasteiger charge is 2.53. The second-order valence-electron chi connectivity index (χ2n) is 24.6. The lowest BCUT2D eigenvalue weighted by atomic mass is 9.87. The number of carbonyl (C=O) groups is 4. The van der Waals surface area contributed by atoms with E-state index in [1.54, 1.807) is 6.92 Å². The van der Waals surface area contributed by atoms with Crippen LogP contribution in [-0.2, 0) is 28.7 Å². The minimum absolute atomic E-state index is 0.102. The van der Waals surface area contributed by atoms with Crippen LogP contribution >= 0.6 is 0 Å². The van der Waals surface area contributed by atoms with Crippen molar-refractivity contribution < 1.29 is 28.7 Å². The molecule has 6 nitrogen and oxygen atoms in total. The van der Waals surface area contributed by atoms with E-state index in [9.17, 15) is 19.2 Å². The lowest BCUT2D eigenvalue weighted by Crippen LogP contribution is -2.54. The molecule has 0 aliphatic carbocycles. The molecule has 0 spiro atoms. The molecular weight excluding hydrogens is 997 g/mol. The van der Waals surface area contributed by atoms with Crippen LogP contribution in [0.1, 0.15) is 394 Å². The third-order valence-corrected chi connectivity index (χ3v) is 16.6. The van der Waals surface area contributed by atoms with Crippen molar-refractivity contribution in [2.24, 2.45) is 5.92 Å². The molecule has 0 amide bonds. The van der Waals surface area contributed by atoms with E-state index in [1.807, 2.05) is 0 Å². The maximum absolute atomic E-state index is 14.7. The van der Waals surface area contributed by atoms with Gasteiger partial charge in [0.05, 0.1) is 0 Å². The summed E-state index contributed by atoms with van der Waals surface area (Å²) in [5, 5.41) is 0. The molecule has 0 heterocycles. The van der Waals surface area contributed by atoms with Crippen LogP contribution in [0.2, 0.25) is 0 Å². The zero-order valence-corrected chi connectivity index (χ0v) is 54.7. The molecule has 0 rings (SSSR count). The van der Waals surface area contributed by atoms with Crippen LogP contribution < -0.4 is 0 Å². The third-order valence-electron chi connectivity index (χ3n) is 16.6. The van der Waals surface area contributed by atoms with Gasteiger partial charge in [-0.05, 0) is 135 Å². The molecule has 0 aromatic carbocycles. The van der Waals surface area contributed by atoms with Crippen LogP contribution in [0, 0.1) is 5.92 Å². The smallest absolute Gasteiger partial charge is 0.325 e. The molecule has 81 heavy (non-hydrogen) atoms. The molecule has 0 fully saturated rings. The van der Waals surface area contributed by atoms with Gasteiger partial charge in [-0.3, -0.25) is 19.2 Å². The van der Waals surface area contributed by atoms with Gasteiger partial charge in [-0.15, -0.1) is 0 Å². The first-order valence-electron chi connectivity index (χ1n) is 35.9. The van der Waals surface area contributed by atoms with Crippen molar-refractivity contribution >= 4 is 23.5 Å². The van der Waals surface area contributed by atoms with Crippen molar-refractivity contribution in [1.82, 2.24) is 0 Å². The van der Waals surface area contributed by atoms with E-state index in [1.165, 1.54) is 180 Å². The maximum Gasteiger partial charge on any atom is 0.325 e. The normalized spacial score (nSPS) is 12.5. The molecule has 0 aromatic rings. The third kappa shape index (κ3) is 52.5. The number of carbonyl (C=O) groups excluding carboxylic acids is 4. The van der Waals surface area contributed by atoms with Crippen molar-refractivity contribution in [3.05, 3.63) is 48.6 Å². The summed E-state index contributed by atoms with van der Waals surface area (Å²) in [5.74, 6) is -5.05. The van der Waals surface area contributed by atoms with Crippen LogP contribution in [0.3, 0.4) is 0 Å². The highest BCUT2D eigenvalue weighted by atomic mass is 16.7. The highest BCUT2D eigenvalue weighted by Crippen LogP contribution is 2.32. The summed E-state index contributed by atoms with van der Waals surface area (Å²) in [4.78, 5) is 56.8. The predicted molar refractivity (Wildman–Crippen MR) is 352 cm³/mol. The van der Waals surface area contributed by atoms with Gasteiger partial charge in [0.2, 0.25) is 5.78 Å². The Kier molecular flexibility index (Phi) is 61.1. The molecule has 0 radical (unpaired) electrons. The van der Waals surface area contributed by atoms with E-state index in [0.29, 0.717) is 25.7 Å². The second kappa shape index (κ2) is 63.3. The molecule has 1 unspecified atom stereocenters. The summed E-state index contributed by atoms with van der Waals surface area (Å²) in [6.45, 7) is 10.7. The standard InChI is InChI=1S/C75H136O6/c1-6-10-14-18-22-26-30-34-38-42-46-50-54-58-62-66-71(76)70(5)75(72(77)67-63-59-55-51-47-43-39-35-31-27-23-19-15-11-7-2,80-73(78)68-64-60-56-52-48-44-40-36-32-28-24-20-16-12-8-3)81-74(79)69-65-61-57-53-49-45-41-37-33-29-25-21-17-13-9-4/h34-41,70H,6-33,42-69H2,1-5H3/b38-34-,39-35-,40-36-,41-37-. The number of ketones is 2. The van der Waals surface area contributed by atoms with Gasteiger partial charge in [-0.1, -0.05) is 282 Å². The molecule has 0 bridgehead atoms. The number of esters is 2. The number of unbranched alkanes of at least 4 members (excludes halogenated alkanes) is 44. The fourth-order valence-electron chi connectivity index (χ4n) is 11.0. The summed E-state index contributed by atoms with van der Waals surface area (Å²) < 4.78 is 12.4. The summed E-state index contributed by atoms with van der Waals surface area (Å²) >= 11 is 0. The molecule has 0 aromatic heterocycles. The average molecular weight is 1130 g/mol. The summed E-state index contributed by atoms with van der Waals surface area (Å²) in [6, 6.07) is 0. The Morgan fingerprint density at radius 1 is 0.272 bits per heavy atom. The molecule has 0 aliphatic rings. The van der Waals surface area contributed by atoms with E-state index in [4.69, 9.17) is 9.47 Å². The van der Waals surface area contributed by atoms with Crippen molar-refractivity contribution in [3.8, 4) is 0 Å². The Labute approximate surface area is 504 Å². The molecule has 472 valence electrons. The van der Waals surface area contributed by atoms with Crippen molar-refractivity contribution in [2.45, 2.75) is 400 Å². The number of allylic oxidation sites excluding steroid dienone is 8. The van der Waals surface area contributed by atoms with E-state index >= 15 is 0 Å². The Hall–Kier alpha value is -2.76.